The average molecular weight is 528 g/mol. The number of benzene rings is 1. The average Bonchev–Trinajstić information content (AvgIpc) is 2.13. The van der Waals surface area contributed by atoms with E-state index in [1.807, 2.05) is 12.1 Å². The Labute approximate surface area is 123 Å². The summed E-state index contributed by atoms with van der Waals surface area (Å²) in [5.41, 5.74) is 1.12. The number of hydrogen-bond donors (Lipinski definition) is 1. The third-order valence-corrected chi connectivity index (χ3v) is 7.04. The van der Waals surface area contributed by atoms with Crippen molar-refractivity contribution in [2.24, 2.45) is 0 Å². The van der Waals surface area contributed by atoms with Crippen LogP contribution >= 0.6 is 67.8 Å². The van der Waals surface area contributed by atoms with Crippen molar-refractivity contribution in [1.29, 1.82) is 0 Å². The monoisotopic (exact) mass is 528 g/mol. The Hall–Kier alpha value is 0.880. The van der Waals surface area contributed by atoms with Gasteiger partial charge >= 0.3 is 5.97 Å². The molecular formula is C9H7I3O2. The first-order chi connectivity index (χ1) is 6.52. The van der Waals surface area contributed by atoms with Gasteiger partial charge in [-0.15, -0.1) is 0 Å². The van der Waals surface area contributed by atoms with E-state index < -0.39 is 5.97 Å². The van der Waals surface area contributed by atoms with Gasteiger partial charge < -0.3 is 5.11 Å². The summed E-state index contributed by atoms with van der Waals surface area (Å²) in [6, 6.07) is 4.04. The SMILES string of the molecule is O=C(O)CCc1ccc(I)c(I)c1I. The summed E-state index contributed by atoms with van der Waals surface area (Å²) in [6.45, 7) is 0. The summed E-state index contributed by atoms with van der Waals surface area (Å²) < 4.78 is 3.61. The Morgan fingerprint density at radius 3 is 2.43 bits per heavy atom. The molecule has 0 aromatic heterocycles. The van der Waals surface area contributed by atoms with Crippen molar-refractivity contribution in [3.63, 3.8) is 0 Å². The molecule has 0 aliphatic carbocycles. The summed E-state index contributed by atoms with van der Waals surface area (Å²) in [6.07, 6.45) is 0.813. The lowest BCUT2D eigenvalue weighted by molar-refractivity contribution is -0.136. The lowest BCUT2D eigenvalue weighted by Crippen LogP contribution is -2.00. The van der Waals surface area contributed by atoms with Gasteiger partial charge in [-0.25, -0.2) is 0 Å². The van der Waals surface area contributed by atoms with Gasteiger partial charge in [-0.3, -0.25) is 4.79 Å². The summed E-state index contributed by atoms with van der Waals surface area (Å²) in [5.74, 6) is -0.741. The maximum atomic E-state index is 10.4. The van der Waals surface area contributed by atoms with Crippen molar-refractivity contribution in [3.05, 3.63) is 28.4 Å². The van der Waals surface area contributed by atoms with E-state index >= 15 is 0 Å². The number of halogens is 3. The Morgan fingerprint density at radius 1 is 1.21 bits per heavy atom. The highest BCUT2D eigenvalue weighted by molar-refractivity contribution is 14.1. The Balaban J connectivity index is 2.88. The van der Waals surface area contributed by atoms with Crippen molar-refractivity contribution in [2.45, 2.75) is 12.8 Å². The third-order valence-electron chi connectivity index (χ3n) is 1.72. The molecule has 0 spiro atoms. The van der Waals surface area contributed by atoms with Gasteiger partial charge in [0, 0.05) is 17.1 Å². The van der Waals surface area contributed by atoms with Crippen LogP contribution < -0.4 is 0 Å². The zero-order chi connectivity index (χ0) is 10.7. The zero-order valence-electron chi connectivity index (χ0n) is 7.06. The van der Waals surface area contributed by atoms with Crippen LogP contribution in [-0.4, -0.2) is 11.1 Å². The Kier molecular flexibility index (Phi) is 5.39. The highest BCUT2D eigenvalue weighted by atomic mass is 127. The molecule has 0 aliphatic rings. The van der Waals surface area contributed by atoms with E-state index in [4.69, 9.17) is 5.11 Å². The maximum Gasteiger partial charge on any atom is 0.303 e. The Morgan fingerprint density at radius 2 is 1.86 bits per heavy atom. The smallest absolute Gasteiger partial charge is 0.303 e. The molecule has 0 bridgehead atoms. The third kappa shape index (κ3) is 3.47. The number of aliphatic carboxylic acids is 1. The molecule has 0 atom stereocenters. The first kappa shape index (κ1) is 12.9. The summed E-state index contributed by atoms with van der Waals surface area (Å²) >= 11 is 6.84. The summed E-state index contributed by atoms with van der Waals surface area (Å²) in [7, 11) is 0. The normalized spacial score (nSPS) is 10.2. The second-order valence-electron chi connectivity index (χ2n) is 2.73. The molecule has 2 nitrogen and oxygen atoms in total. The van der Waals surface area contributed by atoms with Crippen molar-refractivity contribution in [3.8, 4) is 0 Å². The zero-order valence-corrected chi connectivity index (χ0v) is 13.5. The van der Waals surface area contributed by atoms with Gasteiger partial charge in [-0.2, -0.15) is 0 Å². The van der Waals surface area contributed by atoms with Gasteiger partial charge in [0.2, 0.25) is 0 Å². The van der Waals surface area contributed by atoms with Gasteiger partial charge in [0.15, 0.2) is 0 Å². The first-order valence-corrected chi connectivity index (χ1v) is 7.10. The first-order valence-electron chi connectivity index (χ1n) is 3.86. The van der Waals surface area contributed by atoms with Crippen LogP contribution in [0.2, 0.25) is 0 Å². The standard InChI is InChI=1S/C9H7I3O2/c10-6-3-1-5(2-4-7(13)14)8(11)9(6)12/h1,3H,2,4H2,(H,13,14). The molecule has 0 fully saturated rings. The van der Waals surface area contributed by atoms with Crippen LogP contribution in [0.3, 0.4) is 0 Å². The van der Waals surface area contributed by atoms with E-state index in [1.165, 1.54) is 10.7 Å². The molecule has 0 saturated carbocycles. The van der Waals surface area contributed by atoms with Crippen molar-refractivity contribution in [2.75, 3.05) is 0 Å². The van der Waals surface area contributed by atoms with E-state index in [9.17, 15) is 4.79 Å². The maximum absolute atomic E-state index is 10.4. The number of carboxylic acids is 1. The molecule has 0 radical (unpaired) electrons. The van der Waals surface area contributed by atoms with Gasteiger partial charge in [0.25, 0.3) is 0 Å². The molecule has 0 amide bonds. The minimum Gasteiger partial charge on any atom is -0.481 e. The number of carboxylic acid groups (broad SMARTS) is 1. The van der Waals surface area contributed by atoms with E-state index in [2.05, 4.69) is 67.8 Å². The van der Waals surface area contributed by atoms with Crippen LogP contribution in [0.5, 0.6) is 0 Å². The molecule has 14 heavy (non-hydrogen) atoms. The lowest BCUT2D eigenvalue weighted by Gasteiger charge is -2.06. The van der Waals surface area contributed by atoms with E-state index in [0.717, 1.165) is 5.56 Å². The minimum atomic E-state index is -0.741. The quantitative estimate of drug-likeness (QED) is 0.483. The van der Waals surface area contributed by atoms with E-state index in [-0.39, 0.29) is 6.42 Å². The Bertz CT molecular complexity index is 363. The molecule has 76 valence electrons. The minimum absolute atomic E-state index is 0.201. The molecule has 0 saturated heterocycles. The molecule has 0 aliphatic heterocycles. The van der Waals surface area contributed by atoms with Crippen LogP contribution in [0.25, 0.3) is 0 Å². The summed E-state index contributed by atoms with van der Waals surface area (Å²) in [5, 5.41) is 8.58. The molecule has 1 rings (SSSR count). The van der Waals surface area contributed by atoms with Crippen molar-refractivity contribution >= 4 is 73.7 Å². The van der Waals surface area contributed by atoms with E-state index in [1.54, 1.807) is 0 Å². The molecular weight excluding hydrogens is 521 g/mol. The second kappa shape index (κ2) is 5.83. The number of hydrogen-bond acceptors (Lipinski definition) is 1. The second-order valence-corrected chi connectivity index (χ2v) is 6.05. The van der Waals surface area contributed by atoms with Crippen LogP contribution in [0.15, 0.2) is 12.1 Å². The number of rotatable bonds is 3. The van der Waals surface area contributed by atoms with Crippen molar-refractivity contribution < 1.29 is 9.90 Å². The van der Waals surface area contributed by atoms with Gasteiger partial charge in [0.05, 0.1) is 0 Å². The highest BCUT2D eigenvalue weighted by Crippen LogP contribution is 2.25. The predicted octanol–water partition coefficient (Wildman–Crippen LogP) is 3.52. The van der Waals surface area contributed by atoms with Crippen molar-refractivity contribution in [1.82, 2.24) is 0 Å². The summed E-state index contributed by atoms with van der Waals surface area (Å²) in [4.78, 5) is 10.4. The van der Waals surface area contributed by atoms with Gasteiger partial charge in [-0.05, 0) is 85.8 Å². The van der Waals surface area contributed by atoms with Crippen LogP contribution in [0, 0.1) is 10.7 Å². The fourth-order valence-electron chi connectivity index (χ4n) is 1.00. The van der Waals surface area contributed by atoms with Crippen LogP contribution in [-0.2, 0) is 11.2 Å². The molecule has 1 aromatic carbocycles. The topological polar surface area (TPSA) is 37.3 Å². The van der Waals surface area contributed by atoms with Crippen LogP contribution in [0.1, 0.15) is 12.0 Å². The number of carbonyl (C=O) groups is 1. The van der Waals surface area contributed by atoms with E-state index in [0.29, 0.717) is 6.42 Å². The predicted molar refractivity (Wildman–Crippen MR) is 80.5 cm³/mol. The van der Waals surface area contributed by atoms with Gasteiger partial charge in [0.1, 0.15) is 0 Å². The largest absolute Gasteiger partial charge is 0.481 e. The highest BCUT2D eigenvalue weighted by Gasteiger charge is 2.08. The molecule has 1 aromatic rings. The molecule has 0 unspecified atom stereocenters. The molecule has 0 heterocycles. The molecule has 1 N–H and O–H groups in total. The lowest BCUT2D eigenvalue weighted by atomic mass is 10.1. The molecule has 5 heteroatoms. The fourth-order valence-corrected chi connectivity index (χ4v) is 3.23. The number of aryl methyl sites for hydroxylation is 1. The van der Waals surface area contributed by atoms with Gasteiger partial charge in [-0.1, -0.05) is 6.07 Å². The fraction of sp³-hybridized carbons (Fsp3) is 0.222. The van der Waals surface area contributed by atoms with Crippen LogP contribution in [0.4, 0.5) is 0 Å².